The first kappa shape index (κ1) is 11.8. The van der Waals surface area contributed by atoms with Crippen molar-refractivity contribution in [2.75, 3.05) is 6.54 Å². The maximum absolute atomic E-state index is 5.65. The van der Waals surface area contributed by atoms with Crippen LogP contribution in [0.3, 0.4) is 0 Å². The Morgan fingerprint density at radius 2 is 1.83 bits per heavy atom. The third-order valence-electron chi connectivity index (χ3n) is 1.44. The first-order valence-corrected chi connectivity index (χ1v) is 3.94. The lowest BCUT2D eigenvalue weighted by molar-refractivity contribution is 0.273. The molecule has 0 radical (unpaired) electrons. The molecule has 0 saturated carbocycles. The molecule has 0 rings (SSSR count). The highest BCUT2D eigenvalue weighted by Crippen LogP contribution is 1.95. The third-order valence-corrected chi connectivity index (χ3v) is 1.44. The average molecular weight is 176 g/mol. The zero-order chi connectivity index (χ0) is 9.78. The van der Waals surface area contributed by atoms with E-state index < -0.39 is 12.0 Å². The van der Waals surface area contributed by atoms with Crippen LogP contribution < -0.4 is 34.0 Å². The van der Waals surface area contributed by atoms with Crippen molar-refractivity contribution in [2.45, 2.75) is 31.3 Å². The van der Waals surface area contributed by atoms with Crippen LogP contribution in [0.4, 0.5) is 0 Å². The molecule has 0 aromatic heterocycles. The highest BCUT2D eigenvalue weighted by Gasteiger charge is 2.22. The average Bonchev–Trinajstić information content (AvgIpc) is 1.83. The molecule has 0 fully saturated rings. The van der Waals surface area contributed by atoms with Gasteiger partial charge in [0.05, 0.1) is 6.17 Å². The second kappa shape index (κ2) is 4.70. The van der Waals surface area contributed by atoms with E-state index in [9.17, 15) is 0 Å². The summed E-state index contributed by atoms with van der Waals surface area (Å²) in [4.78, 5) is 0. The maximum Gasteiger partial charge on any atom is 0.121 e. The van der Waals surface area contributed by atoms with Gasteiger partial charge in [0.25, 0.3) is 0 Å². The molecule has 0 spiro atoms. The third kappa shape index (κ3) is 5.42. The van der Waals surface area contributed by atoms with Crippen LogP contribution in [0, 0.1) is 0 Å². The van der Waals surface area contributed by atoms with E-state index in [0.717, 1.165) is 0 Å². The highest BCUT2D eigenvalue weighted by atomic mass is 15.2. The van der Waals surface area contributed by atoms with Gasteiger partial charge in [-0.05, 0) is 6.92 Å². The number of nitrogens with two attached hydrogens (primary N) is 5. The molecule has 0 heterocycles. The molecule has 1 unspecified atom stereocenters. The second-order valence-corrected chi connectivity index (χ2v) is 3.19. The standard InChI is InChI=1S/C6H20N6/c1-4(3-7)12-6(10,11)2-5(8)9/h4-5,12H,2-3,7-11H2,1H3. The van der Waals surface area contributed by atoms with Crippen molar-refractivity contribution < 1.29 is 0 Å². The van der Waals surface area contributed by atoms with E-state index in [2.05, 4.69) is 5.32 Å². The monoisotopic (exact) mass is 176 g/mol. The van der Waals surface area contributed by atoms with Crippen molar-refractivity contribution in [1.29, 1.82) is 0 Å². The molecule has 0 saturated heterocycles. The lowest BCUT2D eigenvalue weighted by Gasteiger charge is -2.30. The predicted molar refractivity (Wildman–Crippen MR) is 49.5 cm³/mol. The van der Waals surface area contributed by atoms with Gasteiger partial charge in [0.1, 0.15) is 5.79 Å². The van der Waals surface area contributed by atoms with Crippen molar-refractivity contribution in [3.8, 4) is 0 Å². The van der Waals surface area contributed by atoms with E-state index in [1.807, 2.05) is 6.92 Å². The number of nitrogens with one attached hydrogen (secondary N) is 1. The minimum atomic E-state index is -1.03. The summed E-state index contributed by atoms with van der Waals surface area (Å²) in [6.07, 6.45) is -0.213. The van der Waals surface area contributed by atoms with Crippen molar-refractivity contribution in [2.24, 2.45) is 28.7 Å². The first-order valence-electron chi connectivity index (χ1n) is 3.94. The molecule has 11 N–H and O–H groups in total. The Labute approximate surface area is 72.8 Å². The molecular formula is C6H20N6. The van der Waals surface area contributed by atoms with Gasteiger partial charge in [-0.1, -0.05) is 0 Å². The quantitative estimate of drug-likeness (QED) is 0.249. The summed E-state index contributed by atoms with van der Waals surface area (Å²) in [6, 6.07) is 0.0544. The van der Waals surface area contributed by atoms with Crippen molar-refractivity contribution in [3.05, 3.63) is 0 Å². The summed E-state index contributed by atoms with van der Waals surface area (Å²) in [5, 5.41) is 2.91. The molecule has 0 aromatic rings. The Morgan fingerprint density at radius 3 is 2.17 bits per heavy atom. The molecule has 0 aliphatic heterocycles. The fourth-order valence-corrected chi connectivity index (χ4v) is 0.967. The van der Waals surface area contributed by atoms with Crippen LogP contribution in [-0.2, 0) is 0 Å². The first-order chi connectivity index (χ1) is 5.37. The van der Waals surface area contributed by atoms with Crippen LogP contribution in [0.15, 0.2) is 0 Å². The van der Waals surface area contributed by atoms with Gasteiger partial charge in [0, 0.05) is 19.0 Å². The van der Waals surface area contributed by atoms with Gasteiger partial charge >= 0.3 is 0 Å². The summed E-state index contributed by atoms with van der Waals surface area (Å²) in [6.45, 7) is 2.35. The SMILES string of the molecule is CC(CN)NC(N)(N)CC(N)N. The Balaban J connectivity index is 3.85. The predicted octanol–water partition coefficient (Wildman–Crippen LogP) is -2.87. The van der Waals surface area contributed by atoms with Gasteiger partial charge in [-0.3, -0.25) is 5.32 Å². The van der Waals surface area contributed by atoms with Gasteiger partial charge in [-0.15, -0.1) is 0 Å². The summed E-state index contributed by atoms with van der Waals surface area (Å²) >= 11 is 0. The highest BCUT2D eigenvalue weighted by molar-refractivity contribution is 4.80. The van der Waals surface area contributed by atoms with E-state index in [-0.39, 0.29) is 6.04 Å². The van der Waals surface area contributed by atoms with Crippen LogP contribution in [0.5, 0.6) is 0 Å². The van der Waals surface area contributed by atoms with Crippen molar-refractivity contribution in [3.63, 3.8) is 0 Å². The van der Waals surface area contributed by atoms with E-state index in [1.54, 1.807) is 0 Å². The Morgan fingerprint density at radius 1 is 1.33 bits per heavy atom. The fraction of sp³-hybridized carbons (Fsp3) is 1.00. The minimum Gasteiger partial charge on any atom is -0.329 e. The molecular weight excluding hydrogens is 156 g/mol. The molecule has 0 amide bonds. The fourth-order valence-electron chi connectivity index (χ4n) is 0.967. The number of rotatable bonds is 5. The smallest absolute Gasteiger partial charge is 0.121 e. The largest absolute Gasteiger partial charge is 0.329 e. The van der Waals surface area contributed by atoms with Crippen LogP contribution in [-0.4, -0.2) is 24.5 Å². The second-order valence-electron chi connectivity index (χ2n) is 3.19. The van der Waals surface area contributed by atoms with Gasteiger partial charge in [0.15, 0.2) is 0 Å². The zero-order valence-corrected chi connectivity index (χ0v) is 7.46. The van der Waals surface area contributed by atoms with Gasteiger partial charge in [-0.2, -0.15) is 0 Å². The molecule has 6 nitrogen and oxygen atoms in total. The molecule has 12 heavy (non-hydrogen) atoms. The van der Waals surface area contributed by atoms with E-state index in [0.29, 0.717) is 13.0 Å². The Kier molecular flexibility index (Phi) is 4.61. The Bertz CT molecular complexity index is 123. The summed E-state index contributed by atoms with van der Waals surface area (Å²) < 4.78 is 0. The van der Waals surface area contributed by atoms with E-state index in [4.69, 9.17) is 28.7 Å². The van der Waals surface area contributed by atoms with Crippen molar-refractivity contribution in [1.82, 2.24) is 5.32 Å². The maximum atomic E-state index is 5.65. The summed E-state index contributed by atoms with van der Waals surface area (Å²) in [5.74, 6) is -1.03. The number of hydrogen-bond donors (Lipinski definition) is 6. The molecule has 0 bridgehead atoms. The molecule has 0 aliphatic carbocycles. The zero-order valence-electron chi connectivity index (χ0n) is 7.46. The lowest BCUT2D eigenvalue weighted by atomic mass is 10.2. The summed E-state index contributed by atoms with van der Waals surface area (Å²) in [7, 11) is 0. The van der Waals surface area contributed by atoms with Crippen LogP contribution >= 0.6 is 0 Å². The number of hydrogen-bond acceptors (Lipinski definition) is 6. The lowest BCUT2D eigenvalue weighted by Crippen LogP contribution is -2.67. The molecule has 0 aromatic carbocycles. The summed E-state index contributed by atoms with van der Waals surface area (Å²) in [5.41, 5.74) is 27.3. The van der Waals surface area contributed by atoms with E-state index in [1.165, 1.54) is 0 Å². The van der Waals surface area contributed by atoms with Gasteiger partial charge in [-0.25, -0.2) is 0 Å². The van der Waals surface area contributed by atoms with Crippen molar-refractivity contribution >= 4 is 0 Å². The van der Waals surface area contributed by atoms with Crippen LogP contribution in [0.1, 0.15) is 13.3 Å². The van der Waals surface area contributed by atoms with E-state index >= 15 is 0 Å². The molecule has 6 heteroatoms. The topological polar surface area (TPSA) is 142 Å². The van der Waals surface area contributed by atoms with Gasteiger partial charge < -0.3 is 28.7 Å². The van der Waals surface area contributed by atoms with Crippen LogP contribution in [0.2, 0.25) is 0 Å². The molecule has 1 atom stereocenters. The molecule has 0 aliphatic rings. The minimum absolute atomic E-state index is 0.0544. The van der Waals surface area contributed by atoms with Crippen LogP contribution in [0.25, 0.3) is 0 Å². The van der Waals surface area contributed by atoms with Gasteiger partial charge in [0.2, 0.25) is 0 Å². The Hall–Kier alpha value is -0.240. The molecule has 74 valence electrons. The normalized spacial score (nSPS) is 15.2.